The average molecular weight is 184 g/mol. The summed E-state index contributed by atoms with van der Waals surface area (Å²) in [7, 11) is 0. The molecule has 0 heterocycles. The normalized spacial score (nSPS) is 28.5. The van der Waals surface area contributed by atoms with Crippen molar-refractivity contribution in [3.8, 4) is 0 Å². The number of nitrogens with two attached hydrogens (primary N) is 1. The molecule has 3 nitrogen and oxygen atoms in total. The van der Waals surface area contributed by atoms with Gasteiger partial charge in [-0.05, 0) is 32.6 Å². The van der Waals surface area contributed by atoms with Crippen LogP contribution in [0.4, 0.5) is 0 Å². The molecule has 0 aliphatic heterocycles. The summed E-state index contributed by atoms with van der Waals surface area (Å²) in [5.41, 5.74) is 5.81. The monoisotopic (exact) mass is 184 g/mol. The van der Waals surface area contributed by atoms with Gasteiger partial charge in [0.1, 0.15) is 0 Å². The van der Waals surface area contributed by atoms with Gasteiger partial charge < -0.3 is 10.6 Å². The third kappa shape index (κ3) is 2.69. The second-order valence-electron chi connectivity index (χ2n) is 3.87. The lowest BCUT2D eigenvalue weighted by molar-refractivity contribution is -0.131. The maximum atomic E-state index is 11.3. The first-order valence-electron chi connectivity index (χ1n) is 5.18. The zero-order valence-electron chi connectivity index (χ0n) is 8.62. The lowest BCUT2D eigenvalue weighted by Gasteiger charge is -2.34. The second-order valence-corrected chi connectivity index (χ2v) is 3.87. The lowest BCUT2D eigenvalue weighted by Crippen LogP contribution is -2.43. The largest absolute Gasteiger partial charge is 0.340 e. The molecular formula is C10H20N2O. The summed E-state index contributed by atoms with van der Waals surface area (Å²) in [5, 5.41) is 0. The quantitative estimate of drug-likeness (QED) is 0.699. The number of hydrogen-bond donors (Lipinski definition) is 1. The number of carbonyl (C=O) groups excluding carboxylic acids is 1. The van der Waals surface area contributed by atoms with E-state index in [0.29, 0.717) is 12.1 Å². The number of carbonyl (C=O) groups is 1. The molecule has 0 atom stereocenters. The summed E-state index contributed by atoms with van der Waals surface area (Å²) in [4.78, 5) is 13.2. The molecule has 3 heteroatoms. The Morgan fingerprint density at radius 2 is 1.92 bits per heavy atom. The standard InChI is InChI=1S/C10H20N2O/c1-3-12(8(2)13)10-6-4-9(11)5-7-10/h9-10H,3-7,11H2,1-2H3. The molecule has 1 aliphatic rings. The third-order valence-corrected chi connectivity index (χ3v) is 2.93. The van der Waals surface area contributed by atoms with Crippen LogP contribution in [-0.4, -0.2) is 29.4 Å². The van der Waals surface area contributed by atoms with E-state index >= 15 is 0 Å². The van der Waals surface area contributed by atoms with E-state index < -0.39 is 0 Å². The van der Waals surface area contributed by atoms with Gasteiger partial charge in [0, 0.05) is 25.6 Å². The smallest absolute Gasteiger partial charge is 0.219 e. The van der Waals surface area contributed by atoms with Gasteiger partial charge in [-0.25, -0.2) is 0 Å². The molecule has 13 heavy (non-hydrogen) atoms. The molecule has 1 fully saturated rings. The van der Waals surface area contributed by atoms with Crippen LogP contribution in [0.3, 0.4) is 0 Å². The molecule has 0 spiro atoms. The van der Waals surface area contributed by atoms with E-state index in [1.54, 1.807) is 6.92 Å². The average Bonchev–Trinajstić information content (AvgIpc) is 2.09. The van der Waals surface area contributed by atoms with E-state index in [1.165, 1.54) is 0 Å². The van der Waals surface area contributed by atoms with Crippen LogP contribution in [-0.2, 0) is 4.79 Å². The number of amides is 1. The van der Waals surface area contributed by atoms with Gasteiger partial charge in [0.15, 0.2) is 0 Å². The Balaban J connectivity index is 2.46. The molecule has 1 aliphatic carbocycles. The summed E-state index contributed by atoms with van der Waals surface area (Å²) in [6.45, 7) is 4.52. The Bertz CT molecular complexity index is 174. The molecule has 0 saturated heterocycles. The van der Waals surface area contributed by atoms with Crippen LogP contribution in [0.1, 0.15) is 39.5 Å². The minimum Gasteiger partial charge on any atom is -0.340 e. The van der Waals surface area contributed by atoms with Crippen LogP contribution >= 0.6 is 0 Å². The van der Waals surface area contributed by atoms with Gasteiger partial charge in [-0.2, -0.15) is 0 Å². The first kappa shape index (κ1) is 10.5. The molecule has 1 rings (SSSR count). The van der Waals surface area contributed by atoms with Crippen molar-refractivity contribution in [2.75, 3.05) is 6.54 Å². The van der Waals surface area contributed by atoms with E-state index in [-0.39, 0.29) is 5.91 Å². The molecule has 1 amide bonds. The summed E-state index contributed by atoms with van der Waals surface area (Å²) in [6.07, 6.45) is 4.28. The molecule has 1 saturated carbocycles. The highest BCUT2D eigenvalue weighted by Gasteiger charge is 2.24. The van der Waals surface area contributed by atoms with Gasteiger partial charge in [0.25, 0.3) is 0 Å². The SMILES string of the molecule is CCN(C(C)=O)C1CCC(N)CC1. The number of hydrogen-bond acceptors (Lipinski definition) is 2. The summed E-state index contributed by atoms with van der Waals surface area (Å²) < 4.78 is 0. The highest BCUT2D eigenvalue weighted by molar-refractivity contribution is 5.73. The van der Waals surface area contributed by atoms with Crippen LogP contribution in [0, 0.1) is 0 Å². The van der Waals surface area contributed by atoms with Crippen LogP contribution in [0.5, 0.6) is 0 Å². The fourth-order valence-corrected chi connectivity index (χ4v) is 2.15. The summed E-state index contributed by atoms with van der Waals surface area (Å²) >= 11 is 0. The predicted octanol–water partition coefficient (Wildman–Crippen LogP) is 1.12. The van der Waals surface area contributed by atoms with Crippen molar-refractivity contribution in [3.63, 3.8) is 0 Å². The van der Waals surface area contributed by atoms with Crippen molar-refractivity contribution >= 4 is 5.91 Å². The van der Waals surface area contributed by atoms with Crippen molar-refractivity contribution in [2.24, 2.45) is 5.73 Å². The predicted molar refractivity (Wildman–Crippen MR) is 53.3 cm³/mol. The maximum absolute atomic E-state index is 11.3. The van der Waals surface area contributed by atoms with E-state index in [4.69, 9.17) is 5.73 Å². The van der Waals surface area contributed by atoms with Gasteiger partial charge >= 0.3 is 0 Å². The van der Waals surface area contributed by atoms with Crippen LogP contribution in [0.15, 0.2) is 0 Å². The summed E-state index contributed by atoms with van der Waals surface area (Å²) in [6, 6.07) is 0.809. The maximum Gasteiger partial charge on any atom is 0.219 e. The number of rotatable bonds is 2. The van der Waals surface area contributed by atoms with Gasteiger partial charge in [0.05, 0.1) is 0 Å². The fraction of sp³-hybridized carbons (Fsp3) is 0.900. The zero-order valence-corrected chi connectivity index (χ0v) is 8.62. The Morgan fingerprint density at radius 1 is 1.38 bits per heavy atom. The molecule has 2 N–H and O–H groups in total. The van der Waals surface area contributed by atoms with E-state index in [2.05, 4.69) is 0 Å². The minimum atomic E-state index is 0.197. The van der Waals surface area contributed by atoms with Gasteiger partial charge in [0.2, 0.25) is 5.91 Å². The Hall–Kier alpha value is -0.570. The van der Waals surface area contributed by atoms with E-state index in [0.717, 1.165) is 32.2 Å². The molecule has 0 aromatic rings. The zero-order chi connectivity index (χ0) is 9.84. The molecule has 0 aromatic heterocycles. The Morgan fingerprint density at radius 3 is 2.31 bits per heavy atom. The minimum absolute atomic E-state index is 0.197. The molecule has 76 valence electrons. The number of nitrogens with zero attached hydrogens (tertiary/aromatic N) is 1. The lowest BCUT2D eigenvalue weighted by atomic mass is 9.91. The van der Waals surface area contributed by atoms with Gasteiger partial charge in [-0.1, -0.05) is 0 Å². The highest BCUT2D eigenvalue weighted by atomic mass is 16.2. The van der Waals surface area contributed by atoms with Crippen molar-refractivity contribution in [2.45, 2.75) is 51.6 Å². The van der Waals surface area contributed by atoms with E-state index in [1.807, 2.05) is 11.8 Å². The molecule has 0 aromatic carbocycles. The highest BCUT2D eigenvalue weighted by Crippen LogP contribution is 2.21. The molecule has 0 unspecified atom stereocenters. The van der Waals surface area contributed by atoms with Gasteiger partial charge in [-0.15, -0.1) is 0 Å². The molecule has 0 bridgehead atoms. The van der Waals surface area contributed by atoms with Crippen LogP contribution < -0.4 is 5.73 Å². The Kier molecular flexibility index (Phi) is 3.72. The fourth-order valence-electron chi connectivity index (χ4n) is 2.15. The Labute approximate surface area is 80.3 Å². The molecule has 0 radical (unpaired) electrons. The van der Waals surface area contributed by atoms with Crippen LogP contribution in [0.25, 0.3) is 0 Å². The van der Waals surface area contributed by atoms with Gasteiger partial charge in [-0.3, -0.25) is 4.79 Å². The first-order valence-corrected chi connectivity index (χ1v) is 5.18. The van der Waals surface area contributed by atoms with Crippen molar-refractivity contribution in [1.29, 1.82) is 0 Å². The van der Waals surface area contributed by atoms with E-state index in [9.17, 15) is 4.79 Å². The van der Waals surface area contributed by atoms with Crippen molar-refractivity contribution < 1.29 is 4.79 Å². The van der Waals surface area contributed by atoms with Crippen molar-refractivity contribution in [1.82, 2.24) is 4.90 Å². The van der Waals surface area contributed by atoms with Crippen molar-refractivity contribution in [3.05, 3.63) is 0 Å². The first-order chi connectivity index (χ1) is 6.15. The summed E-state index contributed by atoms with van der Waals surface area (Å²) in [5.74, 6) is 0.197. The third-order valence-electron chi connectivity index (χ3n) is 2.93. The second kappa shape index (κ2) is 4.61. The molecular weight excluding hydrogens is 164 g/mol. The topological polar surface area (TPSA) is 46.3 Å². The van der Waals surface area contributed by atoms with Crippen LogP contribution in [0.2, 0.25) is 0 Å².